The number of H-pyrrole nitrogens is 1. The Labute approximate surface area is 105 Å². The van der Waals surface area contributed by atoms with Crippen molar-refractivity contribution in [1.29, 1.82) is 0 Å². The SMILES string of the molecule is CC(C)(C)c1ccccc1-n1c(N)n[nH]c1=S. The minimum Gasteiger partial charge on any atom is -0.368 e. The third-order valence-corrected chi connectivity index (χ3v) is 2.93. The van der Waals surface area contributed by atoms with Crippen molar-refractivity contribution >= 4 is 18.2 Å². The Morgan fingerprint density at radius 3 is 2.47 bits per heavy atom. The van der Waals surface area contributed by atoms with Crippen molar-refractivity contribution in [1.82, 2.24) is 14.8 Å². The summed E-state index contributed by atoms with van der Waals surface area (Å²) in [7, 11) is 0. The van der Waals surface area contributed by atoms with Crippen LogP contribution >= 0.6 is 12.2 Å². The lowest BCUT2D eigenvalue weighted by molar-refractivity contribution is 0.586. The fourth-order valence-corrected chi connectivity index (χ4v) is 2.08. The molecule has 0 saturated carbocycles. The minimum absolute atomic E-state index is 0.0229. The smallest absolute Gasteiger partial charge is 0.225 e. The third kappa shape index (κ3) is 2.10. The number of anilines is 1. The molecule has 3 N–H and O–H groups in total. The quantitative estimate of drug-likeness (QED) is 0.763. The van der Waals surface area contributed by atoms with Gasteiger partial charge in [-0.2, -0.15) is 0 Å². The molecule has 0 bridgehead atoms. The van der Waals surface area contributed by atoms with Gasteiger partial charge in [-0.3, -0.25) is 4.57 Å². The molecule has 0 atom stereocenters. The average Bonchev–Trinajstić information content (AvgIpc) is 2.57. The van der Waals surface area contributed by atoms with Gasteiger partial charge in [-0.25, -0.2) is 5.10 Å². The van der Waals surface area contributed by atoms with E-state index >= 15 is 0 Å². The van der Waals surface area contributed by atoms with E-state index in [9.17, 15) is 0 Å². The molecule has 5 heteroatoms. The average molecular weight is 248 g/mol. The molecule has 90 valence electrons. The van der Waals surface area contributed by atoms with Crippen LogP contribution < -0.4 is 5.73 Å². The van der Waals surface area contributed by atoms with Crippen molar-refractivity contribution in [3.63, 3.8) is 0 Å². The second-order valence-electron chi connectivity index (χ2n) is 4.99. The maximum absolute atomic E-state index is 5.84. The number of aromatic nitrogens is 3. The Morgan fingerprint density at radius 1 is 1.29 bits per heavy atom. The Morgan fingerprint density at radius 2 is 1.94 bits per heavy atom. The zero-order valence-electron chi connectivity index (χ0n) is 10.2. The molecule has 17 heavy (non-hydrogen) atoms. The Balaban J connectivity index is 2.73. The predicted octanol–water partition coefficient (Wildman–Crippen LogP) is 2.81. The van der Waals surface area contributed by atoms with Gasteiger partial charge < -0.3 is 5.73 Å². The van der Waals surface area contributed by atoms with Crippen LogP contribution in [0.5, 0.6) is 0 Å². The van der Waals surface area contributed by atoms with Crippen LogP contribution in [0.25, 0.3) is 5.69 Å². The van der Waals surface area contributed by atoms with Gasteiger partial charge in [-0.05, 0) is 29.3 Å². The van der Waals surface area contributed by atoms with E-state index in [1.807, 2.05) is 18.2 Å². The van der Waals surface area contributed by atoms with E-state index in [1.165, 1.54) is 5.56 Å². The van der Waals surface area contributed by atoms with Crippen LogP contribution in [0.3, 0.4) is 0 Å². The van der Waals surface area contributed by atoms with Gasteiger partial charge in [0.05, 0.1) is 5.69 Å². The van der Waals surface area contributed by atoms with Crippen LogP contribution in [0, 0.1) is 4.77 Å². The molecular weight excluding hydrogens is 232 g/mol. The molecule has 0 aliphatic rings. The maximum Gasteiger partial charge on any atom is 0.225 e. The lowest BCUT2D eigenvalue weighted by atomic mass is 9.86. The number of benzene rings is 1. The maximum atomic E-state index is 5.84. The second-order valence-corrected chi connectivity index (χ2v) is 5.38. The number of aromatic amines is 1. The fourth-order valence-electron chi connectivity index (χ4n) is 1.84. The van der Waals surface area contributed by atoms with Crippen LogP contribution in [0.15, 0.2) is 24.3 Å². The van der Waals surface area contributed by atoms with Crippen molar-refractivity contribution in [2.24, 2.45) is 0 Å². The number of nitrogens with one attached hydrogen (secondary N) is 1. The van der Waals surface area contributed by atoms with E-state index in [-0.39, 0.29) is 5.41 Å². The molecule has 0 fully saturated rings. The van der Waals surface area contributed by atoms with Gasteiger partial charge in [-0.1, -0.05) is 39.0 Å². The molecule has 2 aromatic rings. The Kier molecular flexibility index (Phi) is 2.79. The fraction of sp³-hybridized carbons (Fsp3) is 0.333. The normalized spacial score (nSPS) is 11.7. The van der Waals surface area contributed by atoms with Crippen LogP contribution in [0.2, 0.25) is 0 Å². The molecule has 0 saturated heterocycles. The highest BCUT2D eigenvalue weighted by molar-refractivity contribution is 7.71. The minimum atomic E-state index is 0.0229. The van der Waals surface area contributed by atoms with E-state index in [0.29, 0.717) is 10.7 Å². The van der Waals surface area contributed by atoms with Gasteiger partial charge >= 0.3 is 0 Å². The lowest BCUT2D eigenvalue weighted by Crippen LogP contribution is -2.16. The van der Waals surface area contributed by atoms with Crippen LogP contribution in [-0.2, 0) is 5.41 Å². The number of rotatable bonds is 1. The molecule has 0 radical (unpaired) electrons. The predicted molar refractivity (Wildman–Crippen MR) is 71.9 cm³/mol. The molecule has 1 aromatic carbocycles. The van der Waals surface area contributed by atoms with Gasteiger partial charge in [0.15, 0.2) is 0 Å². The number of nitrogens with zero attached hydrogens (tertiary/aromatic N) is 2. The first-order valence-corrected chi connectivity index (χ1v) is 5.85. The molecule has 0 aliphatic carbocycles. The monoisotopic (exact) mass is 248 g/mol. The third-order valence-electron chi connectivity index (χ3n) is 2.65. The van der Waals surface area contributed by atoms with Crippen molar-refractivity contribution < 1.29 is 0 Å². The summed E-state index contributed by atoms with van der Waals surface area (Å²) in [6.45, 7) is 6.48. The molecule has 1 heterocycles. The van der Waals surface area contributed by atoms with Crippen LogP contribution in [-0.4, -0.2) is 14.8 Å². The van der Waals surface area contributed by atoms with E-state index in [4.69, 9.17) is 18.0 Å². The molecule has 1 aromatic heterocycles. The number of nitrogen functional groups attached to an aromatic ring is 1. The summed E-state index contributed by atoms with van der Waals surface area (Å²) < 4.78 is 2.27. The van der Waals surface area contributed by atoms with E-state index in [1.54, 1.807) is 4.57 Å². The summed E-state index contributed by atoms with van der Waals surface area (Å²) in [5, 5.41) is 6.64. The largest absolute Gasteiger partial charge is 0.368 e. The number of para-hydroxylation sites is 1. The highest BCUT2D eigenvalue weighted by Gasteiger charge is 2.19. The van der Waals surface area contributed by atoms with Crippen molar-refractivity contribution in [2.75, 3.05) is 5.73 Å². The summed E-state index contributed by atoms with van der Waals surface area (Å²) in [6, 6.07) is 8.08. The second kappa shape index (κ2) is 4.00. The number of hydrogen-bond acceptors (Lipinski definition) is 3. The topological polar surface area (TPSA) is 59.6 Å². The Hall–Kier alpha value is -1.62. The zero-order valence-corrected chi connectivity index (χ0v) is 11.0. The van der Waals surface area contributed by atoms with Crippen molar-refractivity contribution in [2.45, 2.75) is 26.2 Å². The van der Waals surface area contributed by atoms with Gasteiger partial charge in [0.25, 0.3) is 0 Å². The molecule has 0 amide bonds. The van der Waals surface area contributed by atoms with Gasteiger partial charge in [0, 0.05) is 0 Å². The summed E-state index contributed by atoms with van der Waals surface area (Å²) in [5.41, 5.74) is 8.03. The summed E-state index contributed by atoms with van der Waals surface area (Å²) >= 11 is 5.20. The molecule has 4 nitrogen and oxygen atoms in total. The molecule has 0 unspecified atom stereocenters. The summed E-state index contributed by atoms with van der Waals surface area (Å²) in [4.78, 5) is 0. The van der Waals surface area contributed by atoms with Gasteiger partial charge in [0.1, 0.15) is 0 Å². The molecule has 0 spiro atoms. The van der Waals surface area contributed by atoms with Gasteiger partial charge in [-0.15, -0.1) is 5.10 Å². The first kappa shape index (κ1) is 11.9. The molecule has 0 aliphatic heterocycles. The highest BCUT2D eigenvalue weighted by atomic mass is 32.1. The van der Waals surface area contributed by atoms with Crippen LogP contribution in [0.4, 0.5) is 5.95 Å². The summed E-state index contributed by atoms with van der Waals surface area (Å²) in [5.74, 6) is 0.381. The van der Waals surface area contributed by atoms with Crippen LogP contribution in [0.1, 0.15) is 26.3 Å². The number of hydrogen-bond donors (Lipinski definition) is 2. The Bertz CT molecular complexity index is 589. The van der Waals surface area contributed by atoms with E-state index in [2.05, 4.69) is 37.0 Å². The van der Waals surface area contributed by atoms with Crippen molar-refractivity contribution in [3.8, 4) is 5.69 Å². The number of nitrogens with two attached hydrogens (primary N) is 1. The van der Waals surface area contributed by atoms with E-state index in [0.717, 1.165) is 5.69 Å². The molecular formula is C12H16N4S. The first-order chi connectivity index (χ1) is 7.91. The first-order valence-electron chi connectivity index (χ1n) is 5.44. The van der Waals surface area contributed by atoms with Gasteiger partial charge in [0.2, 0.25) is 10.7 Å². The van der Waals surface area contributed by atoms with E-state index < -0.39 is 0 Å². The summed E-state index contributed by atoms with van der Waals surface area (Å²) in [6.07, 6.45) is 0. The standard InChI is InChI=1S/C12H16N4S/c1-12(2,3)8-6-4-5-7-9(8)16-10(13)14-15-11(16)17/h4-7H,1-3H3,(H2,13,14)(H,15,17). The lowest BCUT2D eigenvalue weighted by Gasteiger charge is -2.23. The van der Waals surface area contributed by atoms with Crippen molar-refractivity contribution in [3.05, 3.63) is 34.6 Å². The molecule has 2 rings (SSSR count). The zero-order chi connectivity index (χ0) is 12.6. The highest BCUT2D eigenvalue weighted by Crippen LogP contribution is 2.29.